The number of piperidine rings is 1. The summed E-state index contributed by atoms with van der Waals surface area (Å²) in [6.07, 6.45) is 4.41. The molecule has 0 spiro atoms. The maximum Gasteiger partial charge on any atom is 0.228 e. The van der Waals surface area contributed by atoms with E-state index < -0.39 is 0 Å². The number of nitrogens with one attached hydrogen (secondary N) is 1. The summed E-state index contributed by atoms with van der Waals surface area (Å²) in [6.45, 7) is 5.66. The number of benzene rings is 2. The molecule has 0 radical (unpaired) electrons. The maximum atomic E-state index is 12.5. The molecular weight excluding hydrogens is 322 g/mol. The van der Waals surface area contributed by atoms with Crippen LogP contribution in [0.4, 0.5) is 17.1 Å². The predicted molar refractivity (Wildman–Crippen MR) is 110 cm³/mol. The van der Waals surface area contributed by atoms with Crippen molar-refractivity contribution in [1.82, 2.24) is 0 Å². The monoisotopic (exact) mass is 351 g/mol. The zero-order chi connectivity index (χ0) is 18.2. The van der Waals surface area contributed by atoms with Gasteiger partial charge in [0.2, 0.25) is 5.91 Å². The maximum absolute atomic E-state index is 12.5. The van der Waals surface area contributed by atoms with Crippen LogP contribution in [0.5, 0.6) is 0 Å². The summed E-state index contributed by atoms with van der Waals surface area (Å²) in [4.78, 5) is 16.8. The lowest BCUT2D eigenvalue weighted by Gasteiger charge is -2.28. The molecule has 0 aromatic heterocycles. The van der Waals surface area contributed by atoms with E-state index in [0.29, 0.717) is 19.5 Å². The lowest BCUT2D eigenvalue weighted by Crippen LogP contribution is -2.31. The van der Waals surface area contributed by atoms with Crippen molar-refractivity contribution in [2.75, 3.05) is 41.3 Å². The van der Waals surface area contributed by atoms with Gasteiger partial charge in [0.1, 0.15) is 0 Å². The van der Waals surface area contributed by atoms with Crippen LogP contribution in [0.3, 0.4) is 0 Å². The smallest absolute Gasteiger partial charge is 0.228 e. The van der Waals surface area contributed by atoms with Crippen molar-refractivity contribution in [2.24, 2.45) is 0 Å². The zero-order valence-corrected chi connectivity index (χ0v) is 15.7. The molecule has 2 aromatic carbocycles. The van der Waals surface area contributed by atoms with Crippen molar-refractivity contribution in [3.63, 3.8) is 0 Å². The molecule has 138 valence electrons. The van der Waals surface area contributed by atoms with Crippen molar-refractivity contribution in [3.8, 4) is 0 Å². The fourth-order valence-corrected chi connectivity index (χ4v) is 3.50. The molecule has 0 aliphatic carbocycles. The summed E-state index contributed by atoms with van der Waals surface area (Å²) in [5.41, 5.74) is 3.33. The largest absolute Gasteiger partial charge is 0.385 e. The Balaban J connectivity index is 1.48. The minimum Gasteiger partial charge on any atom is -0.385 e. The number of nitrogens with zero attached hydrogens (tertiary/aromatic N) is 2. The molecule has 0 unspecified atom stereocenters. The normalized spacial score (nSPS) is 14.1. The van der Waals surface area contributed by atoms with Crippen molar-refractivity contribution < 1.29 is 4.79 Å². The highest BCUT2D eigenvalue weighted by Gasteiger charge is 2.13. The summed E-state index contributed by atoms with van der Waals surface area (Å²) in [5, 5.41) is 3.37. The third kappa shape index (κ3) is 4.78. The molecule has 2 aromatic rings. The summed E-state index contributed by atoms with van der Waals surface area (Å²) in [7, 11) is 0. The van der Waals surface area contributed by atoms with Crippen LogP contribution in [0.1, 0.15) is 32.6 Å². The van der Waals surface area contributed by atoms with Crippen molar-refractivity contribution in [2.45, 2.75) is 32.6 Å². The molecule has 1 saturated heterocycles. The van der Waals surface area contributed by atoms with E-state index in [1.807, 2.05) is 42.2 Å². The Bertz CT molecular complexity index is 678. The molecule has 1 aliphatic rings. The second-order valence-corrected chi connectivity index (χ2v) is 6.74. The molecule has 0 saturated carbocycles. The van der Waals surface area contributed by atoms with Gasteiger partial charge >= 0.3 is 0 Å². The minimum atomic E-state index is 0.149. The second-order valence-electron chi connectivity index (χ2n) is 6.74. The molecule has 4 heteroatoms. The van der Waals surface area contributed by atoms with Gasteiger partial charge in [0.25, 0.3) is 0 Å². The van der Waals surface area contributed by atoms with Crippen LogP contribution in [0.2, 0.25) is 0 Å². The number of hydrogen-bond donors (Lipinski definition) is 1. The Hall–Kier alpha value is -2.49. The predicted octanol–water partition coefficient (Wildman–Crippen LogP) is 4.53. The van der Waals surface area contributed by atoms with Crippen LogP contribution in [0, 0.1) is 0 Å². The number of carbonyl (C=O) groups excluding carboxylic acids is 1. The Morgan fingerprint density at radius 3 is 2.35 bits per heavy atom. The van der Waals surface area contributed by atoms with Gasteiger partial charge in [-0.2, -0.15) is 0 Å². The van der Waals surface area contributed by atoms with Gasteiger partial charge in [-0.3, -0.25) is 4.79 Å². The van der Waals surface area contributed by atoms with Crippen LogP contribution in [-0.4, -0.2) is 32.1 Å². The first-order chi connectivity index (χ1) is 12.8. The second kappa shape index (κ2) is 9.27. The minimum absolute atomic E-state index is 0.149. The van der Waals surface area contributed by atoms with E-state index in [4.69, 9.17) is 0 Å². The first kappa shape index (κ1) is 18.3. The van der Waals surface area contributed by atoms with Gasteiger partial charge in [0, 0.05) is 49.7 Å². The topological polar surface area (TPSA) is 35.6 Å². The molecule has 26 heavy (non-hydrogen) atoms. The van der Waals surface area contributed by atoms with E-state index in [2.05, 4.69) is 34.5 Å². The fraction of sp³-hybridized carbons (Fsp3) is 0.409. The molecule has 1 heterocycles. The van der Waals surface area contributed by atoms with Gasteiger partial charge in [-0.25, -0.2) is 0 Å². The van der Waals surface area contributed by atoms with Crippen molar-refractivity contribution in [3.05, 3.63) is 54.6 Å². The lowest BCUT2D eigenvalue weighted by molar-refractivity contribution is -0.118. The van der Waals surface area contributed by atoms with Crippen LogP contribution >= 0.6 is 0 Å². The number of hydrogen-bond acceptors (Lipinski definition) is 3. The van der Waals surface area contributed by atoms with E-state index in [1.165, 1.54) is 24.9 Å². The zero-order valence-electron chi connectivity index (χ0n) is 15.7. The number of carbonyl (C=O) groups is 1. The lowest BCUT2D eigenvalue weighted by atomic mass is 10.1. The van der Waals surface area contributed by atoms with Gasteiger partial charge in [0.15, 0.2) is 0 Å². The molecule has 0 bridgehead atoms. The number of amides is 1. The fourth-order valence-electron chi connectivity index (χ4n) is 3.50. The van der Waals surface area contributed by atoms with Crippen molar-refractivity contribution >= 4 is 23.0 Å². The van der Waals surface area contributed by atoms with Gasteiger partial charge in [-0.1, -0.05) is 18.2 Å². The number of anilines is 3. The van der Waals surface area contributed by atoms with Crippen LogP contribution in [0.15, 0.2) is 54.6 Å². The molecule has 1 N–H and O–H groups in total. The first-order valence-corrected chi connectivity index (χ1v) is 9.72. The van der Waals surface area contributed by atoms with E-state index in [9.17, 15) is 4.79 Å². The van der Waals surface area contributed by atoms with Crippen LogP contribution < -0.4 is 15.1 Å². The molecule has 1 amide bonds. The third-order valence-electron chi connectivity index (χ3n) is 4.94. The third-order valence-corrected chi connectivity index (χ3v) is 4.94. The summed E-state index contributed by atoms with van der Waals surface area (Å²) in [6, 6.07) is 18.4. The van der Waals surface area contributed by atoms with Gasteiger partial charge in [-0.05, 0) is 62.6 Å². The SMILES string of the molecule is CCN(C(=O)CCNc1ccc(N2CCCCC2)cc1)c1ccccc1. The van der Waals surface area contributed by atoms with E-state index in [-0.39, 0.29) is 5.91 Å². The van der Waals surface area contributed by atoms with Crippen molar-refractivity contribution in [1.29, 1.82) is 0 Å². The van der Waals surface area contributed by atoms with E-state index in [1.54, 1.807) is 0 Å². The van der Waals surface area contributed by atoms with E-state index >= 15 is 0 Å². The summed E-state index contributed by atoms with van der Waals surface area (Å²) >= 11 is 0. The Labute approximate surface area is 156 Å². The molecule has 4 nitrogen and oxygen atoms in total. The molecular formula is C22H29N3O. The molecule has 1 aliphatic heterocycles. The molecule has 1 fully saturated rings. The molecule has 3 rings (SSSR count). The summed E-state index contributed by atoms with van der Waals surface area (Å²) < 4.78 is 0. The summed E-state index contributed by atoms with van der Waals surface area (Å²) in [5.74, 6) is 0.149. The standard InChI is InChI=1S/C22H29N3O/c1-2-25(21-9-5-3-6-10-21)22(26)15-16-23-19-11-13-20(14-12-19)24-17-7-4-8-18-24/h3,5-6,9-14,23H,2,4,7-8,15-18H2,1H3. The van der Waals surface area contributed by atoms with Gasteiger partial charge in [0.05, 0.1) is 0 Å². The molecule has 0 atom stereocenters. The first-order valence-electron chi connectivity index (χ1n) is 9.72. The average Bonchev–Trinajstić information content (AvgIpc) is 2.71. The average molecular weight is 351 g/mol. The highest BCUT2D eigenvalue weighted by molar-refractivity contribution is 5.93. The Morgan fingerprint density at radius 1 is 1.00 bits per heavy atom. The van der Waals surface area contributed by atoms with Crippen LogP contribution in [-0.2, 0) is 4.79 Å². The number of para-hydroxylation sites is 1. The highest BCUT2D eigenvalue weighted by atomic mass is 16.2. The quantitative estimate of drug-likeness (QED) is 0.796. The van der Waals surface area contributed by atoms with E-state index in [0.717, 1.165) is 24.5 Å². The Kier molecular flexibility index (Phi) is 6.53. The van der Waals surface area contributed by atoms with Gasteiger partial charge < -0.3 is 15.1 Å². The van der Waals surface area contributed by atoms with Crippen LogP contribution in [0.25, 0.3) is 0 Å². The van der Waals surface area contributed by atoms with Gasteiger partial charge in [-0.15, -0.1) is 0 Å². The highest BCUT2D eigenvalue weighted by Crippen LogP contribution is 2.22. The number of rotatable bonds is 7. The Morgan fingerprint density at radius 2 is 1.69 bits per heavy atom.